The largest absolute Gasteiger partial charge is 0.493 e. The molecule has 0 unspecified atom stereocenters. The molecule has 0 saturated heterocycles. The number of nitro groups is 1. The number of hydrogen-bond acceptors (Lipinski definition) is 6. The summed E-state index contributed by atoms with van der Waals surface area (Å²) in [5.41, 5.74) is 3.90. The van der Waals surface area contributed by atoms with Crippen molar-refractivity contribution in [3.05, 3.63) is 57.1 Å². The lowest BCUT2D eigenvalue weighted by Crippen LogP contribution is -1.95. The molecule has 1 N–H and O–H groups in total. The van der Waals surface area contributed by atoms with Crippen molar-refractivity contribution in [1.29, 1.82) is 0 Å². The minimum absolute atomic E-state index is 0.0145. The summed E-state index contributed by atoms with van der Waals surface area (Å²) in [5, 5.41) is 15.1. The van der Waals surface area contributed by atoms with Gasteiger partial charge in [0.15, 0.2) is 11.5 Å². The molecular weight excluding hydrogens is 322 g/mol. The maximum atomic E-state index is 10.7. The van der Waals surface area contributed by atoms with Crippen molar-refractivity contribution >= 4 is 29.2 Å². The standard InChI is InChI=1S/C15H14ClN3O4/c1-22-14-7-10(6-13(16)15(14)23-2)9-17-18-11-4-3-5-12(8-11)19(20)21/h3-9,18H,1-2H3. The van der Waals surface area contributed by atoms with Crippen LogP contribution in [0, 0.1) is 10.1 Å². The van der Waals surface area contributed by atoms with Crippen LogP contribution >= 0.6 is 11.6 Å². The maximum Gasteiger partial charge on any atom is 0.271 e. The molecule has 0 aliphatic heterocycles. The maximum absolute atomic E-state index is 10.7. The predicted octanol–water partition coefficient (Wildman–Crippen LogP) is 3.71. The van der Waals surface area contributed by atoms with Crippen LogP contribution in [0.1, 0.15) is 5.56 Å². The third kappa shape index (κ3) is 4.10. The number of methoxy groups -OCH3 is 2. The molecule has 0 amide bonds. The van der Waals surface area contributed by atoms with E-state index in [9.17, 15) is 10.1 Å². The van der Waals surface area contributed by atoms with Crippen LogP contribution in [0.4, 0.5) is 11.4 Å². The summed E-state index contributed by atoms with van der Waals surface area (Å²) < 4.78 is 10.3. The second-order valence-corrected chi connectivity index (χ2v) is 4.82. The van der Waals surface area contributed by atoms with E-state index in [1.807, 2.05) is 0 Å². The van der Waals surface area contributed by atoms with Gasteiger partial charge >= 0.3 is 0 Å². The molecule has 120 valence electrons. The van der Waals surface area contributed by atoms with Gasteiger partial charge in [-0.2, -0.15) is 5.10 Å². The van der Waals surface area contributed by atoms with Crippen LogP contribution in [0.15, 0.2) is 41.5 Å². The molecule has 2 rings (SSSR count). The lowest BCUT2D eigenvalue weighted by Gasteiger charge is -2.09. The van der Waals surface area contributed by atoms with Crippen molar-refractivity contribution in [2.75, 3.05) is 19.6 Å². The lowest BCUT2D eigenvalue weighted by atomic mass is 10.2. The number of nitrogens with one attached hydrogen (secondary N) is 1. The van der Waals surface area contributed by atoms with Crippen molar-refractivity contribution in [2.24, 2.45) is 5.10 Å². The Morgan fingerprint density at radius 2 is 2.04 bits per heavy atom. The molecule has 23 heavy (non-hydrogen) atoms. The first-order valence-electron chi connectivity index (χ1n) is 6.50. The first-order chi connectivity index (χ1) is 11.0. The summed E-state index contributed by atoms with van der Waals surface area (Å²) in [5.74, 6) is 0.926. The van der Waals surface area contributed by atoms with E-state index in [4.69, 9.17) is 21.1 Å². The van der Waals surface area contributed by atoms with Gasteiger partial charge in [-0.1, -0.05) is 17.7 Å². The van der Waals surface area contributed by atoms with Gasteiger partial charge in [-0.25, -0.2) is 0 Å². The fourth-order valence-electron chi connectivity index (χ4n) is 1.88. The molecule has 0 fully saturated rings. The number of nitrogens with zero attached hydrogens (tertiary/aromatic N) is 2. The molecule has 0 atom stereocenters. The summed E-state index contributed by atoms with van der Waals surface area (Å²) in [4.78, 5) is 10.2. The van der Waals surface area contributed by atoms with Crippen LogP contribution in [0.2, 0.25) is 5.02 Å². The highest BCUT2D eigenvalue weighted by Crippen LogP contribution is 2.35. The Bertz CT molecular complexity index is 749. The number of benzene rings is 2. The van der Waals surface area contributed by atoms with Gasteiger partial charge in [0.05, 0.1) is 36.1 Å². The number of ether oxygens (including phenoxy) is 2. The number of halogens is 1. The Balaban J connectivity index is 2.16. The zero-order valence-electron chi connectivity index (χ0n) is 12.4. The number of hydrogen-bond donors (Lipinski definition) is 1. The Hall–Kier alpha value is -2.80. The first-order valence-corrected chi connectivity index (χ1v) is 6.88. The van der Waals surface area contributed by atoms with E-state index in [1.165, 1.54) is 32.6 Å². The number of anilines is 1. The predicted molar refractivity (Wildman–Crippen MR) is 88.9 cm³/mol. The van der Waals surface area contributed by atoms with E-state index < -0.39 is 4.92 Å². The molecule has 0 aliphatic carbocycles. The summed E-state index contributed by atoms with van der Waals surface area (Å²) >= 11 is 6.10. The smallest absolute Gasteiger partial charge is 0.271 e. The quantitative estimate of drug-likeness (QED) is 0.494. The zero-order chi connectivity index (χ0) is 16.8. The van der Waals surface area contributed by atoms with Crippen molar-refractivity contribution in [2.45, 2.75) is 0 Å². The summed E-state index contributed by atoms with van der Waals surface area (Å²) in [6.45, 7) is 0. The SMILES string of the molecule is COc1cc(C=NNc2cccc([N+](=O)[O-])c2)cc(Cl)c1OC. The molecule has 0 bridgehead atoms. The molecular formula is C15H14ClN3O4. The third-order valence-corrected chi connectivity index (χ3v) is 3.20. The third-order valence-electron chi connectivity index (χ3n) is 2.92. The normalized spacial score (nSPS) is 10.6. The Morgan fingerprint density at radius 3 is 2.70 bits per heavy atom. The molecule has 8 heteroatoms. The molecule has 7 nitrogen and oxygen atoms in total. The van der Waals surface area contributed by atoms with Crippen molar-refractivity contribution in [3.63, 3.8) is 0 Å². The number of non-ortho nitro benzene ring substituents is 1. The average Bonchev–Trinajstić information content (AvgIpc) is 2.54. The zero-order valence-corrected chi connectivity index (χ0v) is 13.2. The van der Waals surface area contributed by atoms with Crippen LogP contribution in [0.3, 0.4) is 0 Å². The highest BCUT2D eigenvalue weighted by molar-refractivity contribution is 6.32. The number of nitro benzene ring substituents is 1. The molecule has 2 aromatic carbocycles. The van der Waals surface area contributed by atoms with E-state index in [0.29, 0.717) is 27.8 Å². The summed E-state index contributed by atoms with van der Waals surface area (Å²) in [6, 6.07) is 9.42. The van der Waals surface area contributed by atoms with Crippen molar-refractivity contribution in [3.8, 4) is 11.5 Å². The molecule has 2 aromatic rings. The van der Waals surface area contributed by atoms with Gasteiger partial charge in [0.1, 0.15) is 0 Å². The van der Waals surface area contributed by atoms with Crippen LogP contribution in [0.5, 0.6) is 11.5 Å². The van der Waals surface area contributed by atoms with Crippen LogP contribution in [-0.2, 0) is 0 Å². The van der Waals surface area contributed by atoms with E-state index in [-0.39, 0.29) is 5.69 Å². The van der Waals surface area contributed by atoms with E-state index in [1.54, 1.807) is 24.3 Å². The lowest BCUT2D eigenvalue weighted by molar-refractivity contribution is -0.384. The van der Waals surface area contributed by atoms with E-state index in [2.05, 4.69) is 10.5 Å². The molecule has 0 radical (unpaired) electrons. The topological polar surface area (TPSA) is 86.0 Å². The average molecular weight is 336 g/mol. The van der Waals surface area contributed by atoms with Crippen molar-refractivity contribution < 1.29 is 14.4 Å². The molecule has 0 saturated carbocycles. The van der Waals surface area contributed by atoms with E-state index >= 15 is 0 Å². The second kappa shape index (κ2) is 7.46. The number of hydrazone groups is 1. The van der Waals surface area contributed by atoms with Gasteiger partial charge in [-0.05, 0) is 23.8 Å². The summed E-state index contributed by atoms with van der Waals surface area (Å²) in [7, 11) is 3.01. The highest BCUT2D eigenvalue weighted by Gasteiger charge is 2.10. The first kappa shape index (κ1) is 16.6. The Labute approximate surface area is 137 Å². The van der Waals surface area contributed by atoms with Crippen LogP contribution < -0.4 is 14.9 Å². The van der Waals surface area contributed by atoms with Crippen molar-refractivity contribution in [1.82, 2.24) is 0 Å². The van der Waals surface area contributed by atoms with Gasteiger partial charge in [-0.15, -0.1) is 0 Å². The van der Waals surface area contributed by atoms with Crippen LogP contribution in [-0.4, -0.2) is 25.4 Å². The fourth-order valence-corrected chi connectivity index (χ4v) is 2.18. The highest BCUT2D eigenvalue weighted by atomic mass is 35.5. The molecule has 0 heterocycles. The van der Waals surface area contributed by atoms with Gasteiger partial charge < -0.3 is 9.47 Å². The second-order valence-electron chi connectivity index (χ2n) is 4.42. The van der Waals surface area contributed by atoms with Gasteiger partial charge in [0.2, 0.25) is 0 Å². The van der Waals surface area contributed by atoms with Gasteiger partial charge in [0, 0.05) is 12.1 Å². The van der Waals surface area contributed by atoms with Gasteiger partial charge in [-0.3, -0.25) is 15.5 Å². The molecule has 0 spiro atoms. The molecule has 0 aliphatic rings. The Morgan fingerprint density at radius 1 is 1.26 bits per heavy atom. The Kier molecular flexibility index (Phi) is 5.37. The minimum Gasteiger partial charge on any atom is -0.493 e. The van der Waals surface area contributed by atoms with E-state index in [0.717, 1.165) is 0 Å². The van der Waals surface area contributed by atoms with Crippen LogP contribution in [0.25, 0.3) is 0 Å². The summed E-state index contributed by atoms with van der Waals surface area (Å²) in [6.07, 6.45) is 1.52. The monoisotopic (exact) mass is 335 g/mol. The molecule has 0 aromatic heterocycles. The minimum atomic E-state index is -0.469. The number of rotatable bonds is 6. The fraction of sp³-hybridized carbons (Fsp3) is 0.133. The van der Waals surface area contributed by atoms with Gasteiger partial charge in [0.25, 0.3) is 5.69 Å².